The molecule has 5 nitrogen and oxygen atoms in total. The van der Waals surface area contributed by atoms with Crippen molar-refractivity contribution >= 4 is 11.6 Å². The molecule has 0 radical (unpaired) electrons. The number of hydrogen-bond acceptors (Lipinski definition) is 5. The number of ether oxygens (including phenoxy) is 4. The predicted molar refractivity (Wildman–Crippen MR) is 72.0 cm³/mol. The second-order valence-electron chi connectivity index (χ2n) is 4.09. The zero-order valence-electron chi connectivity index (χ0n) is 10.9. The molecule has 0 aromatic heterocycles. The number of hydrogen-bond donors (Lipinski definition) is 1. The van der Waals surface area contributed by atoms with E-state index in [0.29, 0.717) is 42.9 Å². The fraction of sp³-hybridized carbons (Fsp3) is 0.538. The highest BCUT2D eigenvalue weighted by molar-refractivity contribution is 6.32. The molecule has 2 rings (SSSR count). The van der Waals surface area contributed by atoms with Gasteiger partial charge in [-0.3, -0.25) is 0 Å². The Morgan fingerprint density at radius 2 is 2.16 bits per heavy atom. The molecule has 6 heteroatoms. The lowest BCUT2D eigenvalue weighted by atomic mass is 10.2. The maximum absolute atomic E-state index is 6.10. The van der Waals surface area contributed by atoms with Crippen LogP contribution in [-0.2, 0) is 16.0 Å². The molecular formula is C13H18ClNO4. The molecule has 0 fully saturated rings. The van der Waals surface area contributed by atoms with Gasteiger partial charge in [0.05, 0.1) is 24.8 Å². The number of halogens is 1. The number of benzene rings is 1. The summed E-state index contributed by atoms with van der Waals surface area (Å²) in [5.74, 6) is 1.34. The number of methoxy groups -OCH3 is 1. The second-order valence-corrected chi connectivity index (χ2v) is 4.50. The highest BCUT2D eigenvalue weighted by Gasteiger charge is 2.17. The molecule has 1 aromatic carbocycles. The van der Waals surface area contributed by atoms with Gasteiger partial charge in [-0.05, 0) is 17.7 Å². The van der Waals surface area contributed by atoms with Crippen LogP contribution in [0.1, 0.15) is 5.56 Å². The Morgan fingerprint density at radius 1 is 1.26 bits per heavy atom. The van der Waals surface area contributed by atoms with Gasteiger partial charge in [-0.1, -0.05) is 11.6 Å². The second kappa shape index (κ2) is 7.55. The van der Waals surface area contributed by atoms with Crippen molar-refractivity contribution in [1.82, 2.24) is 5.32 Å². The minimum Gasteiger partial charge on any atom is -0.454 e. The van der Waals surface area contributed by atoms with Gasteiger partial charge >= 0.3 is 0 Å². The lowest BCUT2D eigenvalue weighted by molar-refractivity contribution is 0.0719. The van der Waals surface area contributed by atoms with Crippen molar-refractivity contribution in [2.24, 2.45) is 0 Å². The molecule has 1 N–H and O–H groups in total. The van der Waals surface area contributed by atoms with E-state index in [1.165, 1.54) is 0 Å². The molecule has 0 bridgehead atoms. The summed E-state index contributed by atoms with van der Waals surface area (Å²) >= 11 is 6.10. The topological polar surface area (TPSA) is 49.0 Å². The number of rotatable bonds is 8. The van der Waals surface area contributed by atoms with Crippen LogP contribution in [0.4, 0.5) is 0 Å². The van der Waals surface area contributed by atoms with Gasteiger partial charge in [-0.2, -0.15) is 0 Å². The summed E-state index contributed by atoms with van der Waals surface area (Å²) < 4.78 is 20.8. The van der Waals surface area contributed by atoms with Crippen LogP contribution in [0.5, 0.6) is 11.5 Å². The number of nitrogens with one attached hydrogen (secondary N) is 1. The molecule has 0 saturated carbocycles. The van der Waals surface area contributed by atoms with Crippen LogP contribution in [-0.4, -0.2) is 40.3 Å². The summed E-state index contributed by atoms with van der Waals surface area (Å²) in [5.41, 5.74) is 1.06. The average Bonchev–Trinajstić information content (AvgIpc) is 2.86. The van der Waals surface area contributed by atoms with Gasteiger partial charge in [0.15, 0.2) is 11.5 Å². The van der Waals surface area contributed by atoms with Crippen LogP contribution in [0.15, 0.2) is 12.1 Å². The summed E-state index contributed by atoms with van der Waals surface area (Å²) in [4.78, 5) is 0. The van der Waals surface area contributed by atoms with Crippen LogP contribution in [0.2, 0.25) is 5.02 Å². The van der Waals surface area contributed by atoms with Gasteiger partial charge in [-0.15, -0.1) is 0 Å². The lowest BCUT2D eigenvalue weighted by Crippen LogP contribution is -2.20. The zero-order chi connectivity index (χ0) is 13.5. The summed E-state index contributed by atoms with van der Waals surface area (Å²) in [6, 6.07) is 3.82. The molecule has 0 spiro atoms. The zero-order valence-corrected chi connectivity index (χ0v) is 11.7. The van der Waals surface area contributed by atoms with Crippen LogP contribution < -0.4 is 14.8 Å². The molecule has 0 amide bonds. The molecule has 0 unspecified atom stereocenters. The minimum absolute atomic E-state index is 0.235. The average molecular weight is 288 g/mol. The molecular weight excluding hydrogens is 270 g/mol. The molecule has 0 aliphatic carbocycles. The van der Waals surface area contributed by atoms with Crippen molar-refractivity contribution in [3.63, 3.8) is 0 Å². The Labute approximate surface area is 117 Å². The largest absolute Gasteiger partial charge is 0.454 e. The Bertz CT molecular complexity index is 414. The van der Waals surface area contributed by atoms with E-state index < -0.39 is 0 Å². The standard InChI is InChI=1S/C13H18ClNO4/c1-16-4-5-17-3-2-15-8-10-6-11(14)13-12(7-10)18-9-19-13/h6-7,15H,2-5,8-9H2,1H3. The fourth-order valence-electron chi connectivity index (χ4n) is 1.74. The summed E-state index contributed by atoms with van der Waals surface area (Å²) in [6.07, 6.45) is 0. The van der Waals surface area contributed by atoms with E-state index in [4.69, 9.17) is 30.5 Å². The van der Waals surface area contributed by atoms with Crippen molar-refractivity contribution in [3.8, 4) is 11.5 Å². The first kappa shape index (κ1) is 14.4. The van der Waals surface area contributed by atoms with E-state index in [-0.39, 0.29) is 6.79 Å². The first-order valence-corrected chi connectivity index (χ1v) is 6.54. The summed E-state index contributed by atoms with van der Waals surface area (Å²) in [6.45, 7) is 3.62. The fourth-order valence-corrected chi connectivity index (χ4v) is 2.03. The van der Waals surface area contributed by atoms with Gasteiger partial charge in [0.25, 0.3) is 0 Å². The van der Waals surface area contributed by atoms with Crippen molar-refractivity contribution in [2.75, 3.05) is 40.3 Å². The van der Waals surface area contributed by atoms with E-state index in [0.717, 1.165) is 12.1 Å². The van der Waals surface area contributed by atoms with Crippen LogP contribution in [0.3, 0.4) is 0 Å². The van der Waals surface area contributed by atoms with Crippen LogP contribution in [0.25, 0.3) is 0 Å². The molecule has 1 aliphatic heterocycles. The first-order chi connectivity index (χ1) is 9.31. The third-order valence-electron chi connectivity index (χ3n) is 2.67. The summed E-state index contributed by atoms with van der Waals surface area (Å²) in [5, 5.41) is 3.86. The molecule has 0 saturated heterocycles. The Kier molecular flexibility index (Phi) is 5.72. The highest BCUT2D eigenvalue weighted by atomic mass is 35.5. The van der Waals surface area contributed by atoms with Gasteiger partial charge in [-0.25, -0.2) is 0 Å². The van der Waals surface area contributed by atoms with Gasteiger partial charge in [0, 0.05) is 20.2 Å². The molecule has 19 heavy (non-hydrogen) atoms. The summed E-state index contributed by atoms with van der Waals surface area (Å²) in [7, 11) is 1.66. The SMILES string of the molecule is COCCOCCNCc1cc(Cl)c2c(c1)OCO2. The number of fused-ring (bicyclic) bond motifs is 1. The van der Waals surface area contributed by atoms with Crippen molar-refractivity contribution < 1.29 is 18.9 Å². The van der Waals surface area contributed by atoms with E-state index in [9.17, 15) is 0 Å². The van der Waals surface area contributed by atoms with Gasteiger partial charge in [0.2, 0.25) is 6.79 Å². The molecule has 1 aliphatic rings. The Hall–Kier alpha value is -1.01. The van der Waals surface area contributed by atoms with Gasteiger partial charge in [0.1, 0.15) is 0 Å². The van der Waals surface area contributed by atoms with Gasteiger partial charge < -0.3 is 24.3 Å². The monoisotopic (exact) mass is 287 g/mol. The predicted octanol–water partition coefficient (Wildman–Crippen LogP) is 1.82. The van der Waals surface area contributed by atoms with E-state index in [1.807, 2.05) is 12.1 Å². The molecule has 106 valence electrons. The Morgan fingerprint density at radius 3 is 3.00 bits per heavy atom. The smallest absolute Gasteiger partial charge is 0.231 e. The minimum atomic E-state index is 0.235. The quantitative estimate of drug-likeness (QED) is 0.739. The van der Waals surface area contributed by atoms with Crippen molar-refractivity contribution in [2.45, 2.75) is 6.54 Å². The Balaban J connectivity index is 1.70. The molecule has 1 heterocycles. The van der Waals surface area contributed by atoms with Crippen LogP contribution in [0, 0.1) is 0 Å². The third kappa shape index (κ3) is 4.24. The maximum atomic E-state index is 6.10. The third-order valence-corrected chi connectivity index (χ3v) is 2.95. The van der Waals surface area contributed by atoms with E-state index in [1.54, 1.807) is 7.11 Å². The normalized spacial score (nSPS) is 12.9. The van der Waals surface area contributed by atoms with Crippen LogP contribution >= 0.6 is 11.6 Å². The molecule has 0 atom stereocenters. The molecule has 1 aromatic rings. The maximum Gasteiger partial charge on any atom is 0.231 e. The van der Waals surface area contributed by atoms with E-state index in [2.05, 4.69) is 5.32 Å². The van der Waals surface area contributed by atoms with E-state index >= 15 is 0 Å². The van der Waals surface area contributed by atoms with Crippen molar-refractivity contribution in [3.05, 3.63) is 22.7 Å². The highest BCUT2D eigenvalue weighted by Crippen LogP contribution is 2.39. The van der Waals surface area contributed by atoms with Crippen molar-refractivity contribution in [1.29, 1.82) is 0 Å². The lowest BCUT2D eigenvalue weighted by Gasteiger charge is -2.07. The first-order valence-electron chi connectivity index (χ1n) is 6.16.